The van der Waals surface area contributed by atoms with Crippen molar-refractivity contribution in [3.05, 3.63) is 41.4 Å². The Balaban J connectivity index is 1.58. The molecular formula is C20H23ClN2O4. The van der Waals surface area contributed by atoms with Gasteiger partial charge in [-0.25, -0.2) is 4.98 Å². The van der Waals surface area contributed by atoms with E-state index >= 15 is 0 Å². The molecule has 6 nitrogen and oxygen atoms in total. The van der Waals surface area contributed by atoms with E-state index in [-0.39, 0.29) is 18.4 Å². The summed E-state index contributed by atoms with van der Waals surface area (Å²) in [6, 6.07) is 7.39. The summed E-state index contributed by atoms with van der Waals surface area (Å²) in [4.78, 5) is 29.6. The van der Waals surface area contributed by atoms with Gasteiger partial charge in [-0.1, -0.05) is 23.7 Å². The number of hydrogen-bond donors (Lipinski definition) is 1. The Hall–Kier alpha value is -2.34. The number of aliphatic carboxylic acids is 1. The molecule has 3 rings (SSSR count). The standard InChI is InChI=1S/C20H23ClN2O4/c21-16-7-2-1-6-15(16)17-13-22-18(27-17)9-10-19(24)23-12-4-3-5-14(23)8-11-20(25)26/h1-2,6-7,13-14H,3-5,8-12H2,(H,25,26)/t14-/m1/s1. The van der Waals surface area contributed by atoms with E-state index in [1.807, 2.05) is 23.1 Å². The van der Waals surface area contributed by atoms with Gasteiger partial charge in [-0.2, -0.15) is 0 Å². The van der Waals surface area contributed by atoms with E-state index in [0.29, 0.717) is 42.5 Å². The van der Waals surface area contributed by atoms with Gasteiger partial charge in [0.25, 0.3) is 0 Å². The number of aryl methyl sites for hydroxylation is 1. The number of oxazole rings is 1. The van der Waals surface area contributed by atoms with Crippen LogP contribution in [0.25, 0.3) is 11.3 Å². The van der Waals surface area contributed by atoms with Gasteiger partial charge in [0.15, 0.2) is 11.7 Å². The zero-order valence-electron chi connectivity index (χ0n) is 15.1. The van der Waals surface area contributed by atoms with Crippen molar-refractivity contribution >= 4 is 23.5 Å². The van der Waals surface area contributed by atoms with Crippen LogP contribution in [0.1, 0.15) is 44.4 Å². The number of likely N-dealkylation sites (tertiary alicyclic amines) is 1. The quantitative estimate of drug-likeness (QED) is 0.766. The predicted molar refractivity (Wildman–Crippen MR) is 101 cm³/mol. The molecule has 2 aromatic rings. The van der Waals surface area contributed by atoms with Gasteiger partial charge in [-0.05, 0) is 37.8 Å². The van der Waals surface area contributed by atoms with Gasteiger partial charge in [-0.3, -0.25) is 9.59 Å². The Morgan fingerprint density at radius 2 is 2.07 bits per heavy atom. The highest BCUT2D eigenvalue weighted by atomic mass is 35.5. The average molecular weight is 391 g/mol. The number of halogens is 1. The van der Waals surface area contributed by atoms with Gasteiger partial charge in [-0.15, -0.1) is 0 Å². The van der Waals surface area contributed by atoms with E-state index in [1.54, 1.807) is 12.3 Å². The first kappa shape index (κ1) is 19.4. The summed E-state index contributed by atoms with van der Waals surface area (Å²) in [7, 11) is 0. The van der Waals surface area contributed by atoms with Gasteiger partial charge in [0.05, 0.1) is 11.2 Å². The van der Waals surface area contributed by atoms with E-state index in [4.69, 9.17) is 21.1 Å². The molecule has 1 N–H and O–H groups in total. The fraction of sp³-hybridized carbons (Fsp3) is 0.450. The van der Waals surface area contributed by atoms with E-state index in [1.165, 1.54) is 0 Å². The molecular weight excluding hydrogens is 368 g/mol. The fourth-order valence-electron chi connectivity index (χ4n) is 3.49. The minimum atomic E-state index is -0.820. The molecule has 0 spiro atoms. The second-order valence-corrected chi connectivity index (χ2v) is 7.17. The molecule has 0 bridgehead atoms. The van der Waals surface area contributed by atoms with Gasteiger partial charge < -0.3 is 14.4 Å². The molecule has 7 heteroatoms. The maximum absolute atomic E-state index is 12.6. The fourth-order valence-corrected chi connectivity index (χ4v) is 3.72. The van der Waals surface area contributed by atoms with Crippen LogP contribution in [0.5, 0.6) is 0 Å². The van der Waals surface area contributed by atoms with Crippen molar-refractivity contribution < 1.29 is 19.1 Å². The maximum atomic E-state index is 12.6. The third-order valence-corrected chi connectivity index (χ3v) is 5.21. The minimum Gasteiger partial charge on any atom is -0.481 e. The third-order valence-electron chi connectivity index (χ3n) is 4.88. The Labute approximate surface area is 163 Å². The monoisotopic (exact) mass is 390 g/mol. The number of piperidine rings is 1. The molecule has 1 atom stereocenters. The predicted octanol–water partition coefficient (Wildman–Crippen LogP) is 4.17. The topological polar surface area (TPSA) is 83.6 Å². The van der Waals surface area contributed by atoms with Crippen molar-refractivity contribution in [3.63, 3.8) is 0 Å². The molecule has 1 amide bonds. The number of hydrogen-bond acceptors (Lipinski definition) is 4. The summed E-state index contributed by atoms with van der Waals surface area (Å²) >= 11 is 6.17. The van der Waals surface area contributed by atoms with E-state index < -0.39 is 5.97 Å². The lowest BCUT2D eigenvalue weighted by atomic mass is 9.97. The number of carboxylic acid groups (broad SMARTS) is 1. The van der Waals surface area contributed by atoms with Crippen LogP contribution in [-0.4, -0.2) is 39.5 Å². The second kappa shape index (κ2) is 9.04. The summed E-state index contributed by atoms with van der Waals surface area (Å²) in [5.41, 5.74) is 0.772. The number of rotatable bonds is 7. The van der Waals surface area contributed by atoms with Crippen LogP contribution in [0.15, 0.2) is 34.9 Å². The lowest BCUT2D eigenvalue weighted by molar-refractivity contribution is -0.140. The first-order chi connectivity index (χ1) is 13.0. The summed E-state index contributed by atoms with van der Waals surface area (Å²) in [6.07, 6.45) is 5.80. The molecule has 144 valence electrons. The zero-order valence-corrected chi connectivity index (χ0v) is 15.8. The van der Waals surface area contributed by atoms with Crippen molar-refractivity contribution in [1.29, 1.82) is 0 Å². The molecule has 2 heterocycles. The molecule has 0 radical (unpaired) electrons. The van der Waals surface area contributed by atoms with Gasteiger partial charge in [0, 0.05) is 37.4 Å². The van der Waals surface area contributed by atoms with Crippen LogP contribution in [-0.2, 0) is 16.0 Å². The Morgan fingerprint density at radius 1 is 1.26 bits per heavy atom. The van der Waals surface area contributed by atoms with Crippen LogP contribution in [0.4, 0.5) is 0 Å². The molecule has 1 aromatic heterocycles. The first-order valence-corrected chi connectivity index (χ1v) is 9.63. The molecule has 1 aliphatic rings. The zero-order chi connectivity index (χ0) is 19.2. The lowest BCUT2D eigenvalue weighted by Crippen LogP contribution is -2.44. The van der Waals surface area contributed by atoms with Crippen LogP contribution < -0.4 is 0 Å². The van der Waals surface area contributed by atoms with Crippen LogP contribution >= 0.6 is 11.6 Å². The molecule has 1 saturated heterocycles. The van der Waals surface area contributed by atoms with Gasteiger partial charge in [0.2, 0.25) is 5.91 Å². The third kappa shape index (κ3) is 5.10. The highest BCUT2D eigenvalue weighted by molar-refractivity contribution is 6.33. The number of carbonyl (C=O) groups excluding carboxylic acids is 1. The van der Waals surface area contributed by atoms with Crippen molar-refractivity contribution in [2.75, 3.05) is 6.54 Å². The first-order valence-electron chi connectivity index (χ1n) is 9.25. The molecule has 27 heavy (non-hydrogen) atoms. The van der Waals surface area contributed by atoms with E-state index in [2.05, 4.69) is 4.98 Å². The Bertz CT molecular complexity index is 805. The van der Waals surface area contributed by atoms with Crippen LogP contribution in [0.3, 0.4) is 0 Å². The number of carboxylic acids is 1. The number of nitrogens with zero attached hydrogens (tertiary/aromatic N) is 2. The van der Waals surface area contributed by atoms with Crippen molar-refractivity contribution in [2.24, 2.45) is 0 Å². The Morgan fingerprint density at radius 3 is 2.85 bits per heavy atom. The Kier molecular flexibility index (Phi) is 6.50. The van der Waals surface area contributed by atoms with Crippen molar-refractivity contribution in [1.82, 2.24) is 9.88 Å². The van der Waals surface area contributed by atoms with Gasteiger partial charge in [0.1, 0.15) is 0 Å². The van der Waals surface area contributed by atoms with Crippen LogP contribution in [0, 0.1) is 0 Å². The highest BCUT2D eigenvalue weighted by Crippen LogP contribution is 2.28. The van der Waals surface area contributed by atoms with Crippen molar-refractivity contribution in [3.8, 4) is 11.3 Å². The minimum absolute atomic E-state index is 0.0191. The molecule has 0 unspecified atom stereocenters. The summed E-state index contributed by atoms with van der Waals surface area (Å²) in [5, 5.41) is 9.49. The normalized spacial score (nSPS) is 17.1. The number of carbonyl (C=O) groups is 2. The summed E-state index contributed by atoms with van der Waals surface area (Å²) in [6.45, 7) is 0.694. The molecule has 0 saturated carbocycles. The maximum Gasteiger partial charge on any atom is 0.303 e. The smallest absolute Gasteiger partial charge is 0.303 e. The second-order valence-electron chi connectivity index (χ2n) is 6.77. The van der Waals surface area contributed by atoms with E-state index in [0.717, 1.165) is 24.8 Å². The van der Waals surface area contributed by atoms with Crippen molar-refractivity contribution in [2.45, 2.75) is 51.0 Å². The summed E-state index contributed by atoms with van der Waals surface area (Å²) < 4.78 is 5.75. The molecule has 1 aliphatic heterocycles. The number of benzene rings is 1. The average Bonchev–Trinajstić information content (AvgIpc) is 3.14. The van der Waals surface area contributed by atoms with Gasteiger partial charge >= 0.3 is 5.97 Å². The number of aromatic nitrogens is 1. The molecule has 1 aromatic carbocycles. The lowest BCUT2D eigenvalue weighted by Gasteiger charge is -2.35. The molecule has 0 aliphatic carbocycles. The summed E-state index contributed by atoms with van der Waals surface area (Å²) in [5.74, 6) is 0.292. The highest BCUT2D eigenvalue weighted by Gasteiger charge is 2.27. The molecule has 1 fully saturated rings. The van der Waals surface area contributed by atoms with Crippen LogP contribution in [0.2, 0.25) is 5.02 Å². The number of amides is 1. The van der Waals surface area contributed by atoms with E-state index in [9.17, 15) is 9.59 Å². The SMILES string of the molecule is O=C(O)CC[C@H]1CCCCN1C(=O)CCc1ncc(-c2ccccc2Cl)o1. The largest absolute Gasteiger partial charge is 0.481 e.